The Labute approximate surface area is 207 Å². The first kappa shape index (κ1) is 26.3. The van der Waals surface area contributed by atoms with Gasteiger partial charge in [0.05, 0.1) is 6.42 Å². The number of carbonyl (C=O) groups is 3. The van der Waals surface area contributed by atoms with Crippen LogP contribution in [0.1, 0.15) is 64.5 Å². The third-order valence-electron chi connectivity index (χ3n) is 6.46. The second kappa shape index (κ2) is 10.5. The summed E-state index contributed by atoms with van der Waals surface area (Å²) in [5, 5.41) is 14.7. The van der Waals surface area contributed by atoms with Crippen LogP contribution in [0.3, 0.4) is 0 Å². The minimum Gasteiger partial charge on any atom is -0.481 e. The summed E-state index contributed by atoms with van der Waals surface area (Å²) in [6.07, 6.45) is -0.545. The zero-order valence-electron chi connectivity index (χ0n) is 21.2. The van der Waals surface area contributed by atoms with E-state index in [-0.39, 0.29) is 43.2 Å². The van der Waals surface area contributed by atoms with E-state index >= 15 is 0 Å². The molecule has 2 amide bonds. The standard InChI is InChI=1S/C28H36N2O5/c1-27(2,3)23(14-24(31)29-17-28(4,5)15-25(32)33)30-26(34)35-16-22-20-12-8-6-10-18(20)19-11-7-9-13-21(19)22/h6-13,22-23H,14-17H2,1-5H3,(H,29,31)(H,30,34)(H,32,33). The molecule has 1 unspecified atom stereocenters. The molecule has 3 rings (SSSR count). The number of carbonyl (C=O) groups excluding carboxylic acids is 2. The lowest BCUT2D eigenvalue weighted by molar-refractivity contribution is -0.139. The Morgan fingerprint density at radius 2 is 1.49 bits per heavy atom. The Hall–Kier alpha value is -3.35. The highest BCUT2D eigenvalue weighted by Gasteiger charge is 2.32. The van der Waals surface area contributed by atoms with Crippen molar-refractivity contribution in [3.05, 3.63) is 59.7 Å². The highest BCUT2D eigenvalue weighted by molar-refractivity contribution is 5.80. The summed E-state index contributed by atoms with van der Waals surface area (Å²) in [6.45, 7) is 9.86. The van der Waals surface area contributed by atoms with Crippen molar-refractivity contribution in [1.82, 2.24) is 10.6 Å². The van der Waals surface area contributed by atoms with Crippen LogP contribution < -0.4 is 10.6 Å². The van der Waals surface area contributed by atoms with Crippen molar-refractivity contribution < 1.29 is 24.2 Å². The Kier molecular flexibility index (Phi) is 7.88. The molecule has 0 bridgehead atoms. The molecule has 0 spiro atoms. The normalized spacial score (nSPS) is 14.0. The van der Waals surface area contributed by atoms with Gasteiger partial charge in [-0.3, -0.25) is 9.59 Å². The predicted molar refractivity (Wildman–Crippen MR) is 135 cm³/mol. The molecule has 1 aliphatic carbocycles. The largest absolute Gasteiger partial charge is 0.481 e. The zero-order valence-corrected chi connectivity index (χ0v) is 21.2. The van der Waals surface area contributed by atoms with Crippen LogP contribution >= 0.6 is 0 Å². The summed E-state index contributed by atoms with van der Waals surface area (Å²) in [5.41, 5.74) is 3.63. The van der Waals surface area contributed by atoms with E-state index in [9.17, 15) is 14.4 Å². The van der Waals surface area contributed by atoms with Crippen molar-refractivity contribution in [3.8, 4) is 11.1 Å². The van der Waals surface area contributed by atoms with Gasteiger partial charge in [0, 0.05) is 24.9 Å². The first-order valence-corrected chi connectivity index (χ1v) is 12.0. The smallest absolute Gasteiger partial charge is 0.407 e. The number of amides is 2. The average Bonchev–Trinajstić information content (AvgIpc) is 3.08. The lowest BCUT2D eigenvalue weighted by atomic mass is 9.84. The van der Waals surface area contributed by atoms with E-state index < -0.39 is 23.5 Å². The van der Waals surface area contributed by atoms with Crippen molar-refractivity contribution in [2.75, 3.05) is 13.2 Å². The van der Waals surface area contributed by atoms with Gasteiger partial charge in [0.25, 0.3) is 0 Å². The number of aliphatic carboxylic acids is 1. The molecule has 0 aliphatic heterocycles. The second-order valence-corrected chi connectivity index (χ2v) is 11.1. The summed E-state index contributed by atoms with van der Waals surface area (Å²) in [6, 6.07) is 15.8. The predicted octanol–water partition coefficient (Wildman–Crippen LogP) is 4.95. The van der Waals surface area contributed by atoms with Crippen LogP contribution in [0.5, 0.6) is 0 Å². The summed E-state index contributed by atoms with van der Waals surface area (Å²) in [5.74, 6) is -1.20. The fraction of sp³-hybridized carbons (Fsp3) is 0.464. The molecule has 0 aromatic heterocycles. The van der Waals surface area contributed by atoms with Gasteiger partial charge < -0.3 is 20.5 Å². The van der Waals surface area contributed by atoms with Gasteiger partial charge in [-0.1, -0.05) is 83.1 Å². The summed E-state index contributed by atoms with van der Waals surface area (Å²) in [7, 11) is 0. The van der Waals surface area contributed by atoms with Gasteiger partial charge in [-0.05, 0) is 33.1 Å². The Morgan fingerprint density at radius 1 is 0.943 bits per heavy atom. The highest BCUT2D eigenvalue weighted by atomic mass is 16.5. The quantitative estimate of drug-likeness (QED) is 0.471. The number of fused-ring (bicyclic) bond motifs is 3. The number of alkyl carbamates (subject to hydrolysis) is 1. The molecule has 7 nitrogen and oxygen atoms in total. The first-order valence-electron chi connectivity index (χ1n) is 12.0. The highest BCUT2D eigenvalue weighted by Crippen LogP contribution is 2.44. The summed E-state index contributed by atoms with van der Waals surface area (Å²) in [4.78, 5) is 36.4. The molecule has 188 valence electrons. The monoisotopic (exact) mass is 480 g/mol. The number of ether oxygens (including phenoxy) is 1. The van der Waals surface area contributed by atoms with E-state index in [1.807, 2.05) is 45.0 Å². The topological polar surface area (TPSA) is 105 Å². The van der Waals surface area contributed by atoms with E-state index in [2.05, 4.69) is 34.9 Å². The molecule has 35 heavy (non-hydrogen) atoms. The van der Waals surface area contributed by atoms with E-state index in [0.717, 1.165) is 22.3 Å². The third-order valence-corrected chi connectivity index (χ3v) is 6.46. The Bertz CT molecular complexity index is 1040. The minimum absolute atomic E-state index is 0.0407. The molecule has 0 fully saturated rings. The van der Waals surface area contributed by atoms with Gasteiger partial charge in [-0.15, -0.1) is 0 Å². The molecule has 2 aromatic carbocycles. The van der Waals surface area contributed by atoms with Crippen LogP contribution in [-0.4, -0.2) is 42.3 Å². The number of benzene rings is 2. The van der Waals surface area contributed by atoms with E-state index in [0.29, 0.717) is 0 Å². The third kappa shape index (κ3) is 6.84. The number of hydrogen-bond donors (Lipinski definition) is 3. The molecule has 0 radical (unpaired) electrons. The zero-order chi connectivity index (χ0) is 25.8. The lowest BCUT2D eigenvalue weighted by Gasteiger charge is -2.31. The van der Waals surface area contributed by atoms with Gasteiger partial charge in [-0.25, -0.2) is 4.79 Å². The van der Waals surface area contributed by atoms with Gasteiger partial charge in [0.2, 0.25) is 5.91 Å². The average molecular weight is 481 g/mol. The van der Waals surface area contributed by atoms with Crippen molar-refractivity contribution in [2.45, 2.75) is 59.4 Å². The summed E-state index contributed by atoms with van der Waals surface area (Å²) >= 11 is 0. The molecule has 0 heterocycles. The first-order chi connectivity index (χ1) is 16.4. The van der Waals surface area contributed by atoms with Crippen molar-refractivity contribution in [1.29, 1.82) is 0 Å². The summed E-state index contributed by atoms with van der Waals surface area (Å²) < 4.78 is 5.66. The van der Waals surface area contributed by atoms with Gasteiger partial charge >= 0.3 is 12.1 Å². The molecular weight excluding hydrogens is 444 g/mol. The fourth-order valence-corrected chi connectivity index (χ4v) is 4.42. The van der Waals surface area contributed by atoms with Gasteiger partial charge in [0.1, 0.15) is 6.61 Å². The van der Waals surface area contributed by atoms with Crippen LogP contribution in [0.2, 0.25) is 0 Å². The molecule has 0 saturated carbocycles. The van der Waals surface area contributed by atoms with Gasteiger partial charge in [0.15, 0.2) is 0 Å². The lowest BCUT2D eigenvalue weighted by Crippen LogP contribution is -2.47. The second-order valence-electron chi connectivity index (χ2n) is 11.1. The van der Waals surface area contributed by atoms with E-state index in [1.54, 1.807) is 13.8 Å². The van der Waals surface area contributed by atoms with E-state index in [1.165, 1.54) is 0 Å². The van der Waals surface area contributed by atoms with Crippen LogP contribution in [0.4, 0.5) is 4.79 Å². The fourth-order valence-electron chi connectivity index (χ4n) is 4.42. The SMILES string of the molecule is CC(C)(CNC(=O)CC(NC(=O)OCC1c2ccccc2-c2ccccc21)C(C)(C)C)CC(=O)O. The number of hydrogen-bond acceptors (Lipinski definition) is 4. The molecule has 3 N–H and O–H groups in total. The number of rotatable bonds is 9. The molecule has 0 saturated heterocycles. The van der Waals surface area contributed by atoms with Crippen LogP contribution in [0.25, 0.3) is 11.1 Å². The van der Waals surface area contributed by atoms with Crippen molar-refractivity contribution >= 4 is 18.0 Å². The molecule has 7 heteroatoms. The van der Waals surface area contributed by atoms with Crippen LogP contribution in [0, 0.1) is 10.8 Å². The molecule has 1 aliphatic rings. The minimum atomic E-state index is -0.909. The van der Waals surface area contributed by atoms with E-state index in [4.69, 9.17) is 9.84 Å². The van der Waals surface area contributed by atoms with Crippen molar-refractivity contribution in [2.24, 2.45) is 10.8 Å². The van der Waals surface area contributed by atoms with Gasteiger partial charge in [-0.2, -0.15) is 0 Å². The maximum absolute atomic E-state index is 12.8. The number of carboxylic acids is 1. The molecule has 2 aromatic rings. The number of nitrogens with one attached hydrogen (secondary N) is 2. The van der Waals surface area contributed by atoms with Crippen LogP contribution in [0.15, 0.2) is 48.5 Å². The maximum Gasteiger partial charge on any atom is 0.407 e. The molecule has 1 atom stereocenters. The number of carboxylic acid groups (broad SMARTS) is 1. The Balaban J connectivity index is 1.60. The molecular formula is C28H36N2O5. The Morgan fingerprint density at radius 3 is 2.00 bits per heavy atom. The van der Waals surface area contributed by atoms with Crippen molar-refractivity contribution in [3.63, 3.8) is 0 Å². The maximum atomic E-state index is 12.8. The van der Waals surface area contributed by atoms with Crippen LogP contribution in [-0.2, 0) is 14.3 Å².